The summed E-state index contributed by atoms with van der Waals surface area (Å²) in [7, 11) is 0. The monoisotopic (exact) mass is 219 g/mol. The predicted octanol–water partition coefficient (Wildman–Crippen LogP) is 2.70. The molecule has 1 rings (SSSR count). The van der Waals surface area contributed by atoms with Gasteiger partial charge in [-0.15, -0.1) is 0 Å². The first kappa shape index (κ1) is 12.8. The molecule has 0 saturated heterocycles. The van der Waals surface area contributed by atoms with Gasteiger partial charge < -0.3 is 5.32 Å². The van der Waals surface area contributed by atoms with Gasteiger partial charge in [0.15, 0.2) is 0 Å². The topological polar surface area (TPSA) is 29.1 Å². The molecule has 1 atom stereocenters. The number of carbonyl (C=O) groups is 1. The van der Waals surface area contributed by atoms with Crippen molar-refractivity contribution in [2.24, 2.45) is 5.92 Å². The Morgan fingerprint density at radius 3 is 2.25 bits per heavy atom. The van der Waals surface area contributed by atoms with Crippen molar-refractivity contribution in [1.82, 2.24) is 5.32 Å². The molecular weight excluding hydrogens is 198 g/mol. The van der Waals surface area contributed by atoms with Crippen molar-refractivity contribution >= 4 is 5.91 Å². The lowest BCUT2D eigenvalue weighted by Crippen LogP contribution is -2.37. The van der Waals surface area contributed by atoms with Crippen LogP contribution >= 0.6 is 0 Å². The second-order valence-corrected chi connectivity index (χ2v) is 4.76. The van der Waals surface area contributed by atoms with E-state index in [1.807, 2.05) is 38.1 Å². The summed E-state index contributed by atoms with van der Waals surface area (Å²) < 4.78 is 0. The molecule has 0 spiro atoms. The number of benzene rings is 1. The highest BCUT2D eigenvalue weighted by Crippen LogP contribution is 2.05. The number of carbonyl (C=O) groups excluding carboxylic acids is 1. The minimum atomic E-state index is 0.102. The second kappa shape index (κ2) is 5.69. The van der Waals surface area contributed by atoms with Crippen molar-refractivity contribution in [2.45, 2.75) is 40.2 Å². The number of amides is 1. The average molecular weight is 219 g/mol. The molecule has 0 fully saturated rings. The molecule has 0 saturated carbocycles. The zero-order chi connectivity index (χ0) is 12.1. The molecule has 1 aromatic carbocycles. The largest absolute Gasteiger partial charge is 0.353 e. The first-order chi connectivity index (χ1) is 7.49. The molecule has 1 aromatic rings. The van der Waals surface area contributed by atoms with Crippen molar-refractivity contribution < 1.29 is 4.79 Å². The summed E-state index contributed by atoms with van der Waals surface area (Å²) in [5, 5.41) is 3.00. The lowest BCUT2D eigenvalue weighted by Gasteiger charge is -2.17. The smallest absolute Gasteiger partial charge is 0.224 e. The number of hydrogen-bond donors (Lipinski definition) is 1. The van der Waals surface area contributed by atoms with Gasteiger partial charge in [-0.2, -0.15) is 0 Å². The summed E-state index contributed by atoms with van der Waals surface area (Å²) >= 11 is 0. The van der Waals surface area contributed by atoms with E-state index in [2.05, 4.69) is 19.2 Å². The van der Waals surface area contributed by atoms with E-state index in [9.17, 15) is 4.79 Å². The Morgan fingerprint density at radius 2 is 1.75 bits per heavy atom. The van der Waals surface area contributed by atoms with Crippen LogP contribution in [0.1, 0.15) is 31.9 Å². The molecule has 0 bridgehead atoms. The van der Waals surface area contributed by atoms with E-state index in [0.717, 1.165) is 5.56 Å². The molecule has 0 aliphatic rings. The second-order valence-electron chi connectivity index (χ2n) is 4.76. The first-order valence-electron chi connectivity index (χ1n) is 5.84. The fourth-order valence-electron chi connectivity index (χ4n) is 1.36. The Morgan fingerprint density at radius 1 is 1.19 bits per heavy atom. The standard InChI is InChI=1S/C14H21NO/c1-10(2)12(4)15-14(16)9-13-7-5-11(3)6-8-13/h5-8,10,12H,9H2,1-4H3,(H,15,16). The maximum absolute atomic E-state index is 11.7. The van der Waals surface area contributed by atoms with Crippen molar-refractivity contribution in [3.8, 4) is 0 Å². The van der Waals surface area contributed by atoms with Crippen molar-refractivity contribution in [3.63, 3.8) is 0 Å². The van der Waals surface area contributed by atoms with Gasteiger partial charge in [0, 0.05) is 6.04 Å². The fourth-order valence-corrected chi connectivity index (χ4v) is 1.36. The first-order valence-corrected chi connectivity index (χ1v) is 5.84. The Balaban J connectivity index is 2.48. The summed E-state index contributed by atoms with van der Waals surface area (Å²) in [5.74, 6) is 0.576. The van der Waals surface area contributed by atoms with Crippen molar-refractivity contribution in [1.29, 1.82) is 0 Å². The van der Waals surface area contributed by atoms with Gasteiger partial charge in [-0.25, -0.2) is 0 Å². The minimum absolute atomic E-state index is 0.102. The van der Waals surface area contributed by atoms with Crippen molar-refractivity contribution in [3.05, 3.63) is 35.4 Å². The van der Waals surface area contributed by atoms with Crippen molar-refractivity contribution in [2.75, 3.05) is 0 Å². The highest BCUT2D eigenvalue weighted by atomic mass is 16.1. The Labute approximate surface area is 98.1 Å². The summed E-state index contributed by atoms with van der Waals surface area (Å²) in [5.41, 5.74) is 2.29. The molecule has 2 heteroatoms. The predicted molar refractivity (Wildman–Crippen MR) is 67.3 cm³/mol. The van der Waals surface area contributed by atoms with Gasteiger partial charge >= 0.3 is 0 Å². The van der Waals surface area contributed by atoms with Crippen LogP contribution in [0.3, 0.4) is 0 Å². The molecule has 0 aliphatic carbocycles. The highest BCUT2D eigenvalue weighted by molar-refractivity contribution is 5.78. The van der Waals surface area contributed by atoms with Gasteiger partial charge in [0.2, 0.25) is 5.91 Å². The molecular formula is C14H21NO. The molecule has 0 aliphatic heterocycles. The Bertz CT molecular complexity index is 340. The van der Waals surface area contributed by atoms with E-state index in [4.69, 9.17) is 0 Å². The maximum Gasteiger partial charge on any atom is 0.224 e. The van der Waals surface area contributed by atoms with Gasteiger partial charge in [-0.05, 0) is 25.3 Å². The van der Waals surface area contributed by atoms with Crippen LogP contribution < -0.4 is 5.32 Å². The van der Waals surface area contributed by atoms with Crippen LogP contribution in [0.2, 0.25) is 0 Å². The number of aryl methyl sites for hydroxylation is 1. The number of rotatable bonds is 4. The lowest BCUT2D eigenvalue weighted by atomic mass is 10.1. The van der Waals surface area contributed by atoms with Gasteiger partial charge in [-0.1, -0.05) is 43.7 Å². The summed E-state index contributed by atoms with van der Waals surface area (Å²) in [6, 6.07) is 8.32. The molecule has 1 N–H and O–H groups in total. The van der Waals surface area contributed by atoms with E-state index in [1.165, 1.54) is 5.56 Å². The molecule has 1 amide bonds. The average Bonchev–Trinajstić information content (AvgIpc) is 2.21. The highest BCUT2D eigenvalue weighted by Gasteiger charge is 2.10. The molecule has 0 radical (unpaired) electrons. The molecule has 0 heterocycles. The molecule has 88 valence electrons. The van der Waals surface area contributed by atoms with E-state index >= 15 is 0 Å². The number of nitrogens with one attached hydrogen (secondary N) is 1. The third-order valence-corrected chi connectivity index (χ3v) is 2.87. The summed E-state index contributed by atoms with van der Waals surface area (Å²) in [4.78, 5) is 11.7. The van der Waals surface area contributed by atoms with E-state index in [1.54, 1.807) is 0 Å². The van der Waals surface area contributed by atoms with Gasteiger partial charge in [0.1, 0.15) is 0 Å². The molecule has 16 heavy (non-hydrogen) atoms. The summed E-state index contributed by atoms with van der Waals surface area (Å²) in [6.07, 6.45) is 0.470. The molecule has 1 unspecified atom stereocenters. The third kappa shape index (κ3) is 4.05. The third-order valence-electron chi connectivity index (χ3n) is 2.87. The quantitative estimate of drug-likeness (QED) is 0.829. The van der Waals surface area contributed by atoms with E-state index in [-0.39, 0.29) is 11.9 Å². The lowest BCUT2D eigenvalue weighted by molar-refractivity contribution is -0.121. The van der Waals surface area contributed by atoms with Crippen LogP contribution in [0.25, 0.3) is 0 Å². The Kier molecular flexibility index (Phi) is 4.53. The number of hydrogen-bond acceptors (Lipinski definition) is 1. The minimum Gasteiger partial charge on any atom is -0.353 e. The van der Waals surface area contributed by atoms with E-state index in [0.29, 0.717) is 12.3 Å². The van der Waals surface area contributed by atoms with Crippen LogP contribution in [-0.2, 0) is 11.2 Å². The normalized spacial score (nSPS) is 12.6. The SMILES string of the molecule is Cc1ccc(CC(=O)NC(C)C(C)C)cc1. The van der Waals surface area contributed by atoms with Gasteiger partial charge in [-0.3, -0.25) is 4.79 Å². The van der Waals surface area contributed by atoms with Crippen LogP contribution in [-0.4, -0.2) is 11.9 Å². The van der Waals surface area contributed by atoms with Gasteiger partial charge in [0.25, 0.3) is 0 Å². The zero-order valence-electron chi connectivity index (χ0n) is 10.6. The van der Waals surface area contributed by atoms with Crippen LogP contribution in [0, 0.1) is 12.8 Å². The van der Waals surface area contributed by atoms with Crippen LogP contribution in [0.15, 0.2) is 24.3 Å². The fraction of sp³-hybridized carbons (Fsp3) is 0.500. The van der Waals surface area contributed by atoms with Crippen LogP contribution in [0.5, 0.6) is 0 Å². The van der Waals surface area contributed by atoms with Gasteiger partial charge in [0.05, 0.1) is 6.42 Å². The van der Waals surface area contributed by atoms with E-state index < -0.39 is 0 Å². The summed E-state index contributed by atoms with van der Waals surface area (Å²) in [6.45, 7) is 8.30. The Hall–Kier alpha value is -1.31. The molecule has 2 nitrogen and oxygen atoms in total. The van der Waals surface area contributed by atoms with Crippen LogP contribution in [0.4, 0.5) is 0 Å². The maximum atomic E-state index is 11.7. The molecule has 0 aromatic heterocycles. The zero-order valence-corrected chi connectivity index (χ0v) is 10.6.